The number of sulfone groups is 1. The predicted octanol–water partition coefficient (Wildman–Crippen LogP) is 2.12. The zero-order chi connectivity index (χ0) is 21.4. The van der Waals surface area contributed by atoms with Crippen molar-refractivity contribution in [2.45, 2.75) is 44.6 Å². The molecule has 1 aromatic rings. The van der Waals surface area contributed by atoms with Crippen molar-refractivity contribution in [2.75, 3.05) is 23.0 Å². The van der Waals surface area contributed by atoms with E-state index in [4.69, 9.17) is 4.74 Å². The number of carbonyl (C=O) groups excluding carboxylic acids is 2. The molecule has 158 valence electrons. The van der Waals surface area contributed by atoms with E-state index < -0.39 is 27.4 Å². The summed E-state index contributed by atoms with van der Waals surface area (Å²) in [7, 11) is -3.13. The Hall–Kier alpha value is -2.07. The first-order chi connectivity index (χ1) is 13.5. The van der Waals surface area contributed by atoms with Gasteiger partial charge in [0.15, 0.2) is 15.0 Å². The highest BCUT2D eigenvalue weighted by Gasteiger charge is 2.49. The van der Waals surface area contributed by atoms with Crippen molar-refractivity contribution in [3.63, 3.8) is 0 Å². The molecular weight excluding hydrogens is 414 g/mol. The van der Waals surface area contributed by atoms with Crippen LogP contribution in [0.1, 0.15) is 26.3 Å². The molecule has 2 fully saturated rings. The number of aliphatic imine (C=N–C) groups is 1. The zero-order valence-corrected chi connectivity index (χ0v) is 18.5. The first-order valence-electron chi connectivity index (χ1n) is 9.25. The first-order valence-corrected chi connectivity index (χ1v) is 12.0. The maximum Gasteiger partial charge on any atom is 0.408 e. The van der Waals surface area contributed by atoms with Gasteiger partial charge < -0.3 is 15.0 Å². The van der Waals surface area contributed by atoms with Crippen LogP contribution in [0.25, 0.3) is 0 Å². The maximum atomic E-state index is 12.4. The van der Waals surface area contributed by atoms with Crippen molar-refractivity contribution in [1.29, 1.82) is 0 Å². The van der Waals surface area contributed by atoms with Crippen molar-refractivity contribution in [2.24, 2.45) is 4.99 Å². The number of para-hydroxylation sites is 1. The lowest BCUT2D eigenvalue weighted by Gasteiger charge is -2.26. The highest BCUT2D eigenvalue weighted by molar-refractivity contribution is 8.16. The van der Waals surface area contributed by atoms with Crippen molar-refractivity contribution in [3.8, 4) is 0 Å². The molecule has 2 heterocycles. The van der Waals surface area contributed by atoms with E-state index in [1.807, 2.05) is 36.1 Å². The van der Waals surface area contributed by atoms with Crippen molar-refractivity contribution in [1.82, 2.24) is 5.32 Å². The van der Waals surface area contributed by atoms with Gasteiger partial charge in [0.2, 0.25) is 0 Å². The van der Waals surface area contributed by atoms with E-state index >= 15 is 0 Å². The third-order valence-corrected chi connectivity index (χ3v) is 7.65. The monoisotopic (exact) mass is 439 g/mol. The molecule has 2 saturated heterocycles. The molecule has 0 spiro atoms. The summed E-state index contributed by atoms with van der Waals surface area (Å²) >= 11 is 1.30. The van der Waals surface area contributed by atoms with Crippen LogP contribution in [0.2, 0.25) is 0 Å². The Morgan fingerprint density at radius 3 is 2.62 bits per heavy atom. The largest absolute Gasteiger partial charge is 0.444 e. The summed E-state index contributed by atoms with van der Waals surface area (Å²) in [5, 5.41) is 2.68. The molecular formula is C19H25N3O5S2. The van der Waals surface area contributed by atoms with E-state index in [-0.39, 0.29) is 29.3 Å². The van der Waals surface area contributed by atoms with Gasteiger partial charge in [-0.15, -0.1) is 0 Å². The number of nitrogens with zero attached hydrogens (tertiary/aromatic N) is 2. The molecule has 0 aromatic heterocycles. The standard InChI is InChI=1S/C19H25N3O5S2/c1-12-7-5-6-8-13(12)22-14-10-29(25,26)11-15(14)28-17(22)21-16(23)9-20-18(24)27-19(2,3)4/h5-8,14-15H,9-11H2,1-4H3,(H,20,24)/t14-,15+/m1/s1. The molecule has 8 nitrogen and oxygen atoms in total. The van der Waals surface area contributed by atoms with E-state index in [2.05, 4.69) is 10.3 Å². The van der Waals surface area contributed by atoms with Gasteiger partial charge in [0.05, 0.1) is 17.5 Å². The van der Waals surface area contributed by atoms with Crippen LogP contribution >= 0.6 is 11.8 Å². The lowest BCUT2D eigenvalue weighted by Crippen LogP contribution is -2.39. The quantitative estimate of drug-likeness (QED) is 0.769. The second kappa shape index (κ2) is 7.98. The fraction of sp³-hybridized carbons (Fsp3) is 0.526. The van der Waals surface area contributed by atoms with Gasteiger partial charge in [-0.25, -0.2) is 13.2 Å². The Morgan fingerprint density at radius 1 is 1.28 bits per heavy atom. The van der Waals surface area contributed by atoms with Crippen molar-refractivity contribution < 1.29 is 22.7 Å². The topological polar surface area (TPSA) is 105 Å². The highest BCUT2D eigenvalue weighted by Crippen LogP contribution is 2.41. The molecule has 1 N–H and O–H groups in total. The molecule has 2 aliphatic rings. The van der Waals surface area contributed by atoms with Gasteiger partial charge in [-0.2, -0.15) is 4.99 Å². The second-order valence-electron chi connectivity index (χ2n) is 8.10. The van der Waals surface area contributed by atoms with E-state index in [1.54, 1.807) is 20.8 Å². The highest BCUT2D eigenvalue weighted by atomic mass is 32.2. The molecule has 1 aromatic carbocycles. The predicted molar refractivity (Wildman–Crippen MR) is 114 cm³/mol. The van der Waals surface area contributed by atoms with E-state index in [0.29, 0.717) is 5.17 Å². The smallest absolute Gasteiger partial charge is 0.408 e. The van der Waals surface area contributed by atoms with Crippen LogP contribution in [0.15, 0.2) is 29.3 Å². The third-order valence-electron chi connectivity index (χ3n) is 4.44. The summed E-state index contributed by atoms with van der Waals surface area (Å²) in [6.07, 6.45) is -0.691. The summed E-state index contributed by atoms with van der Waals surface area (Å²) < 4.78 is 29.4. The summed E-state index contributed by atoms with van der Waals surface area (Å²) in [6, 6.07) is 7.32. The van der Waals surface area contributed by atoms with Crippen molar-refractivity contribution >= 4 is 44.5 Å². The minimum Gasteiger partial charge on any atom is -0.444 e. The number of amides is 2. The molecule has 2 atom stereocenters. The molecule has 3 rings (SSSR count). The molecule has 0 radical (unpaired) electrons. The molecule has 2 amide bonds. The van der Waals surface area contributed by atoms with Gasteiger partial charge in [0.25, 0.3) is 5.91 Å². The number of hydrogen-bond donors (Lipinski definition) is 1. The molecule has 2 aliphatic heterocycles. The number of alkyl carbamates (subject to hydrolysis) is 1. The number of nitrogens with one attached hydrogen (secondary N) is 1. The Balaban J connectivity index is 1.79. The van der Waals surface area contributed by atoms with Gasteiger partial charge in [-0.1, -0.05) is 30.0 Å². The molecule has 0 bridgehead atoms. The lowest BCUT2D eigenvalue weighted by molar-refractivity contribution is -0.117. The summed E-state index contributed by atoms with van der Waals surface area (Å²) in [5.41, 5.74) is 1.13. The lowest BCUT2D eigenvalue weighted by atomic mass is 10.1. The van der Waals surface area contributed by atoms with Crippen LogP contribution in [0.3, 0.4) is 0 Å². The number of aryl methyl sites for hydroxylation is 1. The number of benzene rings is 1. The normalized spacial score (nSPS) is 24.4. The van der Waals surface area contributed by atoms with Gasteiger partial charge in [0.1, 0.15) is 12.1 Å². The maximum absolute atomic E-state index is 12.4. The van der Waals surface area contributed by atoms with Gasteiger partial charge in [0, 0.05) is 10.9 Å². The SMILES string of the molecule is Cc1ccccc1N1C(=NC(=O)CNC(=O)OC(C)(C)C)S[C@H]2CS(=O)(=O)C[C@H]21. The van der Waals surface area contributed by atoms with Crippen LogP contribution in [0.5, 0.6) is 0 Å². The molecule has 0 saturated carbocycles. The second-order valence-corrected chi connectivity index (χ2v) is 11.5. The first kappa shape index (κ1) is 21.6. The summed E-state index contributed by atoms with van der Waals surface area (Å²) in [6.45, 7) is 6.83. The van der Waals surface area contributed by atoms with Crippen LogP contribution in [0, 0.1) is 6.92 Å². The van der Waals surface area contributed by atoms with E-state index in [9.17, 15) is 18.0 Å². The fourth-order valence-corrected chi connectivity index (χ4v) is 7.21. The number of rotatable bonds is 3. The van der Waals surface area contributed by atoms with Crippen LogP contribution in [-0.2, 0) is 19.4 Å². The Bertz CT molecular complexity index is 953. The summed E-state index contributed by atoms with van der Waals surface area (Å²) in [4.78, 5) is 30.1. The van der Waals surface area contributed by atoms with E-state index in [1.165, 1.54) is 11.8 Å². The number of amidine groups is 1. The number of fused-ring (bicyclic) bond motifs is 1. The minimum atomic E-state index is -3.13. The Labute approximate surface area is 175 Å². The summed E-state index contributed by atoms with van der Waals surface area (Å²) in [5.74, 6) is -0.434. The number of anilines is 1. The van der Waals surface area contributed by atoms with Gasteiger partial charge >= 0.3 is 6.09 Å². The average Bonchev–Trinajstić information content (AvgIpc) is 3.03. The average molecular weight is 440 g/mol. The number of hydrogen-bond acceptors (Lipinski definition) is 6. The van der Waals surface area contributed by atoms with E-state index in [0.717, 1.165) is 11.3 Å². The zero-order valence-electron chi connectivity index (χ0n) is 16.8. The fourth-order valence-electron chi connectivity index (χ4n) is 3.29. The Morgan fingerprint density at radius 2 is 1.97 bits per heavy atom. The molecule has 29 heavy (non-hydrogen) atoms. The van der Waals surface area contributed by atoms with Gasteiger partial charge in [-0.3, -0.25) is 4.79 Å². The van der Waals surface area contributed by atoms with Crippen molar-refractivity contribution in [3.05, 3.63) is 29.8 Å². The minimum absolute atomic E-state index is 0.0301. The van der Waals surface area contributed by atoms with Crippen LogP contribution in [-0.4, -0.2) is 60.5 Å². The van der Waals surface area contributed by atoms with Crippen LogP contribution in [0.4, 0.5) is 10.5 Å². The molecule has 0 unspecified atom stereocenters. The number of carbonyl (C=O) groups is 2. The molecule has 0 aliphatic carbocycles. The third kappa shape index (κ3) is 5.30. The van der Waals surface area contributed by atoms with Crippen LogP contribution < -0.4 is 10.2 Å². The molecule has 10 heteroatoms. The Kier molecular flexibility index (Phi) is 5.96. The number of thioether (sulfide) groups is 1. The number of ether oxygens (including phenoxy) is 1. The van der Waals surface area contributed by atoms with Gasteiger partial charge in [-0.05, 0) is 39.3 Å².